The van der Waals surface area contributed by atoms with Crippen LogP contribution >= 0.6 is 11.6 Å². The van der Waals surface area contributed by atoms with Crippen molar-refractivity contribution in [3.05, 3.63) is 22.8 Å². The van der Waals surface area contributed by atoms with E-state index in [1.165, 1.54) is 37.8 Å². The SMILES string of the molecule is CC1CCC(CNc2nc(Cl)ccc2C(=O)O)CC1. The van der Waals surface area contributed by atoms with Crippen LogP contribution in [0.4, 0.5) is 5.82 Å². The van der Waals surface area contributed by atoms with Crippen LogP contribution < -0.4 is 5.32 Å². The first kappa shape index (κ1) is 14.1. The molecule has 0 unspecified atom stereocenters. The van der Waals surface area contributed by atoms with Crippen molar-refractivity contribution in [3.63, 3.8) is 0 Å². The van der Waals surface area contributed by atoms with Gasteiger partial charge in [0.15, 0.2) is 0 Å². The molecule has 1 aliphatic carbocycles. The third kappa shape index (κ3) is 3.83. The highest BCUT2D eigenvalue weighted by Crippen LogP contribution is 2.28. The molecule has 0 aliphatic heterocycles. The van der Waals surface area contributed by atoms with Gasteiger partial charge in [-0.15, -0.1) is 0 Å². The van der Waals surface area contributed by atoms with Crippen LogP contribution in [0.15, 0.2) is 12.1 Å². The molecule has 0 atom stereocenters. The summed E-state index contributed by atoms with van der Waals surface area (Å²) in [7, 11) is 0. The van der Waals surface area contributed by atoms with E-state index in [1.807, 2.05) is 0 Å². The number of nitrogens with zero attached hydrogens (tertiary/aromatic N) is 1. The van der Waals surface area contributed by atoms with Gasteiger partial charge in [-0.3, -0.25) is 0 Å². The fourth-order valence-corrected chi connectivity index (χ4v) is 2.66. The summed E-state index contributed by atoms with van der Waals surface area (Å²) in [6.45, 7) is 3.05. The predicted molar refractivity (Wildman–Crippen MR) is 75.8 cm³/mol. The molecular formula is C14H19ClN2O2. The highest BCUT2D eigenvalue weighted by atomic mass is 35.5. The van der Waals surface area contributed by atoms with Crippen molar-refractivity contribution < 1.29 is 9.90 Å². The molecule has 0 spiro atoms. The summed E-state index contributed by atoms with van der Waals surface area (Å²) < 4.78 is 0. The molecule has 2 rings (SSSR count). The van der Waals surface area contributed by atoms with E-state index in [0.29, 0.717) is 16.9 Å². The lowest BCUT2D eigenvalue weighted by molar-refractivity contribution is 0.0697. The zero-order chi connectivity index (χ0) is 13.8. The van der Waals surface area contributed by atoms with Gasteiger partial charge in [-0.2, -0.15) is 0 Å². The average Bonchev–Trinajstić information content (AvgIpc) is 2.38. The van der Waals surface area contributed by atoms with E-state index in [9.17, 15) is 4.79 Å². The minimum Gasteiger partial charge on any atom is -0.478 e. The monoisotopic (exact) mass is 282 g/mol. The Bertz CT molecular complexity index is 457. The Morgan fingerprint density at radius 1 is 1.42 bits per heavy atom. The highest BCUT2D eigenvalue weighted by molar-refractivity contribution is 6.29. The van der Waals surface area contributed by atoms with Gasteiger partial charge in [0.05, 0.1) is 0 Å². The van der Waals surface area contributed by atoms with Crippen molar-refractivity contribution >= 4 is 23.4 Å². The third-order valence-electron chi connectivity index (χ3n) is 3.79. The molecule has 2 N–H and O–H groups in total. The number of anilines is 1. The number of carboxylic acids is 1. The summed E-state index contributed by atoms with van der Waals surface area (Å²) in [5.41, 5.74) is 0.175. The van der Waals surface area contributed by atoms with Gasteiger partial charge >= 0.3 is 5.97 Å². The zero-order valence-electron chi connectivity index (χ0n) is 11.0. The maximum absolute atomic E-state index is 11.1. The van der Waals surface area contributed by atoms with Crippen LogP contribution in [-0.2, 0) is 0 Å². The molecule has 1 aromatic heterocycles. The largest absolute Gasteiger partial charge is 0.478 e. The van der Waals surface area contributed by atoms with E-state index in [4.69, 9.17) is 16.7 Å². The van der Waals surface area contributed by atoms with Gasteiger partial charge in [-0.05, 0) is 36.8 Å². The van der Waals surface area contributed by atoms with E-state index in [1.54, 1.807) is 0 Å². The van der Waals surface area contributed by atoms with Gasteiger partial charge in [0.1, 0.15) is 16.5 Å². The minimum absolute atomic E-state index is 0.175. The number of halogens is 1. The second-order valence-electron chi connectivity index (χ2n) is 5.34. The smallest absolute Gasteiger partial charge is 0.339 e. The first-order valence-corrected chi connectivity index (χ1v) is 7.07. The standard InChI is InChI=1S/C14H19ClN2O2/c1-9-2-4-10(5-3-9)8-16-13-11(14(18)19)6-7-12(15)17-13/h6-7,9-10H,2-5,8H2,1H3,(H,16,17)(H,18,19). The molecule has 5 heteroatoms. The van der Waals surface area contributed by atoms with Crippen LogP contribution in [0.25, 0.3) is 0 Å². The molecule has 19 heavy (non-hydrogen) atoms. The highest BCUT2D eigenvalue weighted by Gasteiger charge is 2.19. The molecule has 104 valence electrons. The Balaban J connectivity index is 1.98. The van der Waals surface area contributed by atoms with Crippen molar-refractivity contribution in [1.82, 2.24) is 4.98 Å². The molecule has 0 aromatic carbocycles. The molecule has 1 heterocycles. The molecule has 4 nitrogen and oxygen atoms in total. The summed E-state index contributed by atoms with van der Waals surface area (Å²) in [4.78, 5) is 15.2. The van der Waals surface area contributed by atoms with E-state index in [-0.39, 0.29) is 5.56 Å². The topological polar surface area (TPSA) is 62.2 Å². The number of nitrogens with one attached hydrogen (secondary N) is 1. The maximum Gasteiger partial charge on any atom is 0.339 e. The molecule has 1 saturated carbocycles. The van der Waals surface area contributed by atoms with Crippen molar-refractivity contribution in [3.8, 4) is 0 Å². The van der Waals surface area contributed by atoms with Gasteiger partial charge in [0.2, 0.25) is 0 Å². The summed E-state index contributed by atoms with van der Waals surface area (Å²) in [5.74, 6) is 0.802. The number of hydrogen-bond donors (Lipinski definition) is 2. The summed E-state index contributed by atoms with van der Waals surface area (Å²) >= 11 is 5.82. The van der Waals surface area contributed by atoms with Gasteiger partial charge in [-0.25, -0.2) is 9.78 Å². The number of carbonyl (C=O) groups is 1. The number of carboxylic acid groups (broad SMARTS) is 1. The molecular weight excluding hydrogens is 264 g/mol. The first-order valence-electron chi connectivity index (χ1n) is 6.70. The molecule has 0 radical (unpaired) electrons. The third-order valence-corrected chi connectivity index (χ3v) is 4.00. The van der Waals surface area contributed by atoms with Crippen LogP contribution in [0, 0.1) is 11.8 Å². The van der Waals surface area contributed by atoms with E-state index < -0.39 is 5.97 Å². The van der Waals surface area contributed by atoms with Crippen LogP contribution in [0.3, 0.4) is 0 Å². The number of rotatable bonds is 4. The molecule has 1 aliphatic rings. The second-order valence-corrected chi connectivity index (χ2v) is 5.73. The minimum atomic E-state index is -0.982. The van der Waals surface area contributed by atoms with Crippen LogP contribution in [-0.4, -0.2) is 22.6 Å². The Morgan fingerprint density at radius 3 is 2.74 bits per heavy atom. The van der Waals surface area contributed by atoms with Crippen molar-refractivity contribution in [2.45, 2.75) is 32.6 Å². The average molecular weight is 283 g/mol. The summed E-state index contributed by atoms with van der Waals surface area (Å²) in [6.07, 6.45) is 4.89. The summed E-state index contributed by atoms with van der Waals surface area (Å²) in [6, 6.07) is 2.99. The Morgan fingerprint density at radius 2 is 2.11 bits per heavy atom. The van der Waals surface area contributed by atoms with Crippen molar-refractivity contribution in [2.24, 2.45) is 11.8 Å². The molecule has 0 saturated heterocycles. The van der Waals surface area contributed by atoms with Gasteiger partial charge in [-0.1, -0.05) is 31.4 Å². The van der Waals surface area contributed by atoms with Gasteiger partial charge < -0.3 is 10.4 Å². The predicted octanol–water partition coefficient (Wildman–Crippen LogP) is 3.67. The lowest BCUT2D eigenvalue weighted by Crippen LogP contribution is -2.21. The summed E-state index contributed by atoms with van der Waals surface area (Å²) in [5, 5.41) is 12.6. The van der Waals surface area contributed by atoms with Crippen LogP contribution in [0.1, 0.15) is 43.0 Å². The number of pyridine rings is 1. The van der Waals surface area contributed by atoms with Crippen molar-refractivity contribution in [1.29, 1.82) is 0 Å². The normalized spacial score (nSPS) is 23.1. The van der Waals surface area contributed by atoms with Gasteiger partial charge in [0, 0.05) is 6.54 Å². The van der Waals surface area contributed by atoms with Crippen LogP contribution in [0.5, 0.6) is 0 Å². The maximum atomic E-state index is 11.1. The number of aromatic nitrogens is 1. The lowest BCUT2D eigenvalue weighted by atomic mass is 9.83. The fourth-order valence-electron chi connectivity index (χ4n) is 2.52. The number of aromatic carboxylic acids is 1. The molecule has 1 aromatic rings. The Kier molecular flexibility index (Phi) is 4.64. The fraction of sp³-hybridized carbons (Fsp3) is 0.571. The molecule has 0 amide bonds. The van der Waals surface area contributed by atoms with Crippen molar-refractivity contribution in [2.75, 3.05) is 11.9 Å². The zero-order valence-corrected chi connectivity index (χ0v) is 11.8. The van der Waals surface area contributed by atoms with E-state index in [0.717, 1.165) is 12.5 Å². The first-order chi connectivity index (χ1) is 9.06. The Hall–Kier alpha value is -1.29. The Labute approximate surface area is 118 Å². The molecule has 0 bridgehead atoms. The lowest BCUT2D eigenvalue weighted by Gasteiger charge is -2.26. The second kappa shape index (κ2) is 6.24. The van der Waals surface area contributed by atoms with E-state index >= 15 is 0 Å². The quantitative estimate of drug-likeness (QED) is 0.827. The van der Waals surface area contributed by atoms with E-state index in [2.05, 4.69) is 17.2 Å². The van der Waals surface area contributed by atoms with Crippen LogP contribution in [0.2, 0.25) is 5.15 Å². The number of hydrogen-bond acceptors (Lipinski definition) is 3. The van der Waals surface area contributed by atoms with Gasteiger partial charge in [0.25, 0.3) is 0 Å². The molecule has 1 fully saturated rings.